The Morgan fingerprint density at radius 1 is 1.12 bits per heavy atom. The number of aryl methyl sites for hydroxylation is 1. The van der Waals surface area contributed by atoms with Gasteiger partial charge in [0.2, 0.25) is 5.88 Å². The van der Waals surface area contributed by atoms with Crippen LogP contribution in [0.4, 0.5) is 11.6 Å². The predicted molar refractivity (Wildman–Crippen MR) is 129 cm³/mol. The third kappa shape index (κ3) is 3.94. The van der Waals surface area contributed by atoms with Crippen molar-refractivity contribution in [2.75, 3.05) is 10.2 Å². The fourth-order valence-electron chi connectivity index (χ4n) is 4.31. The first-order valence-electron chi connectivity index (χ1n) is 10.6. The van der Waals surface area contributed by atoms with E-state index in [0.717, 1.165) is 22.3 Å². The zero-order chi connectivity index (χ0) is 23.1. The van der Waals surface area contributed by atoms with Crippen LogP contribution in [0.15, 0.2) is 69.9 Å². The summed E-state index contributed by atoms with van der Waals surface area (Å²) in [6.45, 7) is 3.40. The summed E-state index contributed by atoms with van der Waals surface area (Å²) in [7, 11) is 0. The number of hydrogen-bond acceptors (Lipinski definition) is 5. The van der Waals surface area contributed by atoms with E-state index in [-0.39, 0.29) is 11.0 Å². The number of carbonyl (C=O) groups is 1. The number of rotatable bonds is 5. The first-order valence-corrected chi connectivity index (χ1v) is 10.9. The van der Waals surface area contributed by atoms with Crippen LogP contribution in [0.2, 0.25) is 5.02 Å². The van der Waals surface area contributed by atoms with Crippen molar-refractivity contribution in [2.24, 2.45) is 0 Å². The van der Waals surface area contributed by atoms with Gasteiger partial charge in [0.1, 0.15) is 5.58 Å². The van der Waals surface area contributed by atoms with Crippen LogP contribution in [-0.4, -0.2) is 11.1 Å². The molecule has 166 valence electrons. The first kappa shape index (κ1) is 21.1. The zero-order valence-electron chi connectivity index (χ0n) is 17.9. The van der Waals surface area contributed by atoms with Crippen molar-refractivity contribution in [3.63, 3.8) is 0 Å². The number of halogens is 1. The number of hydrogen-bond donors (Lipinski definition) is 2. The molecule has 1 aromatic heterocycles. The molecule has 0 aliphatic carbocycles. The molecule has 1 aliphatic heterocycles. The molecule has 0 amide bonds. The molecular weight excluding hydrogens is 440 g/mol. The van der Waals surface area contributed by atoms with Crippen molar-refractivity contribution in [3.8, 4) is 0 Å². The summed E-state index contributed by atoms with van der Waals surface area (Å²) in [5.41, 5.74) is 4.91. The second kappa shape index (κ2) is 8.30. The molecule has 0 saturated heterocycles. The zero-order valence-corrected chi connectivity index (χ0v) is 18.6. The van der Waals surface area contributed by atoms with E-state index in [4.69, 9.17) is 16.0 Å². The average Bonchev–Trinajstić information content (AvgIpc) is 3.24. The average molecular weight is 461 g/mol. The molecule has 5 rings (SSSR count). The van der Waals surface area contributed by atoms with E-state index in [1.807, 2.05) is 42.2 Å². The van der Waals surface area contributed by atoms with Gasteiger partial charge in [0, 0.05) is 42.0 Å². The summed E-state index contributed by atoms with van der Waals surface area (Å²) >= 11 is 6.36. The Labute approximate surface area is 195 Å². The van der Waals surface area contributed by atoms with Crippen molar-refractivity contribution < 1.29 is 14.3 Å². The minimum Gasteiger partial charge on any atom is -0.478 e. The van der Waals surface area contributed by atoms with Crippen molar-refractivity contribution in [3.05, 3.63) is 104 Å². The van der Waals surface area contributed by atoms with Gasteiger partial charge in [-0.2, -0.15) is 0 Å². The van der Waals surface area contributed by atoms with Crippen LogP contribution in [0.5, 0.6) is 0 Å². The molecule has 1 aliphatic rings. The van der Waals surface area contributed by atoms with Crippen LogP contribution in [-0.2, 0) is 19.6 Å². The summed E-state index contributed by atoms with van der Waals surface area (Å²) in [4.78, 5) is 26.5. The van der Waals surface area contributed by atoms with Gasteiger partial charge in [0.25, 0.3) is 0 Å². The molecular formula is C26H21ClN2O4. The van der Waals surface area contributed by atoms with Crippen molar-refractivity contribution in [1.29, 1.82) is 0 Å². The minimum absolute atomic E-state index is 0.121. The molecule has 0 radical (unpaired) electrons. The largest absolute Gasteiger partial charge is 0.478 e. The third-order valence-corrected chi connectivity index (χ3v) is 6.26. The standard InChI is InChI=1S/C26H21ClN2O4/c1-15-9-17(12-28-22-8-3-2-6-18(22)26(31)32)25-19(10-15)23(30)11-24(33-25)29-13-16-5-4-7-21(27)20(16)14-29/h2-11,28H,12-14H2,1H3,(H,31,32). The van der Waals surface area contributed by atoms with E-state index >= 15 is 0 Å². The molecule has 0 unspecified atom stereocenters. The Bertz CT molecular complexity index is 1460. The Balaban J connectivity index is 1.52. The second-order valence-electron chi connectivity index (χ2n) is 8.19. The van der Waals surface area contributed by atoms with Gasteiger partial charge in [0.15, 0.2) is 5.43 Å². The van der Waals surface area contributed by atoms with Gasteiger partial charge in [-0.1, -0.05) is 41.9 Å². The smallest absolute Gasteiger partial charge is 0.337 e. The number of nitrogens with one attached hydrogen (secondary N) is 1. The molecule has 0 atom stereocenters. The number of carboxylic acid groups (broad SMARTS) is 1. The Hall–Kier alpha value is -3.77. The number of nitrogens with zero attached hydrogens (tertiary/aromatic N) is 1. The van der Waals surface area contributed by atoms with Gasteiger partial charge < -0.3 is 19.7 Å². The van der Waals surface area contributed by atoms with Gasteiger partial charge in [-0.3, -0.25) is 4.79 Å². The molecule has 0 bridgehead atoms. The molecule has 2 N–H and O–H groups in total. The maximum Gasteiger partial charge on any atom is 0.337 e. The van der Waals surface area contributed by atoms with Gasteiger partial charge >= 0.3 is 5.97 Å². The van der Waals surface area contributed by atoms with Crippen LogP contribution in [0.3, 0.4) is 0 Å². The third-order valence-electron chi connectivity index (χ3n) is 5.90. The molecule has 0 spiro atoms. The molecule has 2 heterocycles. The van der Waals surface area contributed by atoms with Crippen LogP contribution >= 0.6 is 11.6 Å². The number of aromatic carboxylic acids is 1. The lowest BCUT2D eigenvalue weighted by Crippen LogP contribution is -2.17. The monoisotopic (exact) mass is 460 g/mol. The quantitative estimate of drug-likeness (QED) is 0.404. The number of carboxylic acids is 1. The number of para-hydroxylation sites is 1. The highest BCUT2D eigenvalue weighted by molar-refractivity contribution is 6.31. The maximum absolute atomic E-state index is 13.0. The van der Waals surface area contributed by atoms with Gasteiger partial charge in [0.05, 0.1) is 10.9 Å². The van der Waals surface area contributed by atoms with E-state index in [9.17, 15) is 14.7 Å². The highest BCUT2D eigenvalue weighted by atomic mass is 35.5. The Kier molecular flexibility index (Phi) is 5.30. The topological polar surface area (TPSA) is 82.8 Å². The van der Waals surface area contributed by atoms with Crippen molar-refractivity contribution in [2.45, 2.75) is 26.6 Å². The van der Waals surface area contributed by atoms with E-state index in [0.29, 0.717) is 47.2 Å². The Morgan fingerprint density at radius 2 is 1.94 bits per heavy atom. The Morgan fingerprint density at radius 3 is 2.73 bits per heavy atom. The molecule has 33 heavy (non-hydrogen) atoms. The number of fused-ring (bicyclic) bond motifs is 2. The molecule has 4 aromatic rings. The van der Waals surface area contributed by atoms with Crippen LogP contribution < -0.4 is 15.6 Å². The fourth-order valence-corrected chi connectivity index (χ4v) is 4.57. The second-order valence-corrected chi connectivity index (χ2v) is 8.59. The SMILES string of the molecule is Cc1cc(CNc2ccccc2C(=O)O)c2oc(N3Cc4cccc(Cl)c4C3)cc(=O)c2c1. The van der Waals surface area contributed by atoms with E-state index in [1.165, 1.54) is 6.07 Å². The summed E-state index contributed by atoms with van der Waals surface area (Å²) < 4.78 is 6.28. The summed E-state index contributed by atoms with van der Waals surface area (Å²) in [6.07, 6.45) is 0. The molecule has 3 aromatic carbocycles. The maximum atomic E-state index is 13.0. The highest BCUT2D eigenvalue weighted by Gasteiger charge is 2.24. The molecule has 0 fully saturated rings. The first-order chi connectivity index (χ1) is 15.9. The summed E-state index contributed by atoms with van der Waals surface area (Å²) in [5.74, 6) is -0.524. The fraction of sp³-hybridized carbons (Fsp3) is 0.154. The van der Waals surface area contributed by atoms with Crippen molar-refractivity contribution in [1.82, 2.24) is 0 Å². The van der Waals surface area contributed by atoms with E-state index < -0.39 is 5.97 Å². The van der Waals surface area contributed by atoms with Crippen molar-refractivity contribution >= 4 is 40.1 Å². The van der Waals surface area contributed by atoms with Gasteiger partial charge in [-0.15, -0.1) is 0 Å². The molecule has 6 nitrogen and oxygen atoms in total. The highest BCUT2D eigenvalue weighted by Crippen LogP contribution is 2.34. The lowest BCUT2D eigenvalue weighted by atomic mass is 10.1. The lowest BCUT2D eigenvalue weighted by molar-refractivity contribution is 0.0698. The summed E-state index contributed by atoms with van der Waals surface area (Å²) in [6, 6.07) is 17.8. The van der Waals surface area contributed by atoms with E-state index in [1.54, 1.807) is 24.3 Å². The molecule has 7 heteroatoms. The normalized spacial score (nSPS) is 12.7. The summed E-state index contributed by atoms with van der Waals surface area (Å²) in [5, 5.41) is 13.8. The number of benzene rings is 3. The molecule has 0 saturated carbocycles. The van der Waals surface area contributed by atoms with Crippen LogP contribution in [0.25, 0.3) is 11.0 Å². The van der Waals surface area contributed by atoms with Gasteiger partial charge in [-0.05, 0) is 47.9 Å². The van der Waals surface area contributed by atoms with Crippen LogP contribution in [0, 0.1) is 6.92 Å². The minimum atomic E-state index is -1.01. The van der Waals surface area contributed by atoms with E-state index in [2.05, 4.69) is 5.32 Å². The van der Waals surface area contributed by atoms with Gasteiger partial charge in [-0.25, -0.2) is 4.79 Å². The van der Waals surface area contributed by atoms with Crippen LogP contribution in [0.1, 0.15) is 32.6 Å². The number of anilines is 2. The lowest BCUT2D eigenvalue weighted by Gasteiger charge is -2.18. The predicted octanol–water partition coefficient (Wildman–Crippen LogP) is 5.59.